The molecule has 0 aromatic heterocycles. The average Bonchev–Trinajstić information content (AvgIpc) is 2.77. The smallest absolute Gasteiger partial charge is 0.337 e. The van der Waals surface area contributed by atoms with Gasteiger partial charge >= 0.3 is 5.97 Å². The Balaban J connectivity index is 2.42. The molecule has 0 fully saturated rings. The molecular weight excluding hydrogens is 442 g/mol. The molecule has 1 aliphatic heterocycles. The highest BCUT2D eigenvalue weighted by molar-refractivity contribution is 7.92. The summed E-state index contributed by atoms with van der Waals surface area (Å²) in [5.41, 5.74) is 3.49. The van der Waals surface area contributed by atoms with E-state index in [9.17, 15) is 18.3 Å². The number of sulfonamides is 1. The van der Waals surface area contributed by atoms with Gasteiger partial charge in [0.1, 0.15) is 12.4 Å². The number of rotatable bonds is 4. The molecule has 0 unspecified atom stereocenters. The molecule has 1 heterocycles. The summed E-state index contributed by atoms with van der Waals surface area (Å²) in [6.45, 7) is 11.0. The maximum absolute atomic E-state index is 12.7. The van der Waals surface area contributed by atoms with Gasteiger partial charge in [-0.05, 0) is 58.2 Å². The monoisotopic (exact) mass is 473 g/mol. The lowest BCUT2D eigenvalue weighted by Gasteiger charge is -2.30. The molecule has 7 nitrogen and oxygen atoms in total. The third kappa shape index (κ3) is 5.57. The van der Waals surface area contributed by atoms with Crippen LogP contribution in [0, 0.1) is 20.8 Å². The van der Waals surface area contributed by atoms with E-state index in [1.165, 1.54) is 6.08 Å². The third-order valence-electron chi connectivity index (χ3n) is 5.35. The molecule has 8 heteroatoms. The molecule has 1 aliphatic rings. The fourth-order valence-corrected chi connectivity index (χ4v) is 4.93. The molecule has 3 rings (SSSR count). The van der Waals surface area contributed by atoms with Crippen LogP contribution in [0.15, 0.2) is 36.4 Å². The second kappa shape index (κ2) is 9.19. The summed E-state index contributed by atoms with van der Waals surface area (Å²) in [5.74, 6) is -0.986. The van der Waals surface area contributed by atoms with Crippen molar-refractivity contribution in [2.45, 2.75) is 53.2 Å². The number of carboxylic acid groups (broad SMARTS) is 1. The first kappa shape index (κ1) is 24.8. The van der Waals surface area contributed by atoms with E-state index in [-0.39, 0.29) is 18.0 Å². The Labute approximate surface area is 195 Å². The predicted molar refractivity (Wildman–Crippen MR) is 129 cm³/mol. The average molecular weight is 474 g/mol. The van der Waals surface area contributed by atoms with Crippen molar-refractivity contribution in [2.24, 2.45) is 0 Å². The summed E-state index contributed by atoms with van der Waals surface area (Å²) in [6.07, 6.45) is 1.87. The molecule has 0 radical (unpaired) electrons. The van der Waals surface area contributed by atoms with E-state index in [2.05, 4.69) is 4.72 Å². The lowest BCUT2D eigenvalue weighted by atomic mass is 9.86. The van der Waals surface area contributed by atoms with E-state index in [4.69, 9.17) is 9.47 Å². The summed E-state index contributed by atoms with van der Waals surface area (Å²) in [7, 11) is -3.70. The SMILES string of the molecule is Cc1ccc(-c2c(C)c3c(c(C)c2[C@H](OC(C)(C)C)C(=O)O)NS(=O)(=O)CC=CCO3)cc1. The number of hydrogen-bond acceptors (Lipinski definition) is 5. The minimum absolute atomic E-state index is 0.192. The molecule has 2 aromatic rings. The predicted octanol–water partition coefficient (Wildman–Crippen LogP) is 4.91. The number of hydrogen-bond donors (Lipinski definition) is 2. The number of nitrogens with one attached hydrogen (secondary N) is 1. The van der Waals surface area contributed by atoms with Crippen LogP contribution in [0.5, 0.6) is 5.75 Å². The third-order valence-corrected chi connectivity index (χ3v) is 6.50. The van der Waals surface area contributed by atoms with Gasteiger partial charge in [-0.2, -0.15) is 0 Å². The van der Waals surface area contributed by atoms with Crippen LogP contribution in [-0.2, 0) is 19.6 Å². The fourth-order valence-electron chi connectivity index (χ4n) is 3.90. The van der Waals surface area contributed by atoms with E-state index in [0.29, 0.717) is 28.0 Å². The Morgan fingerprint density at radius 1 is 1.09 bits per heavy atom. The maximum Gasteiger partial charge on any atom is 0.337 e. The van der Waals surface area contributed by atoms with Crippen LogP contribution in [0.4, 0.5) is 5.69 Å². The summed E-state index contributed by atoms with van der Waals surface area (Å²) in [5, 5.41) is 10.2. The molecule has 2 N–H and O–H groups in total. The zero-order valence-corrected chi connectivity index (χ0v) is 20.7. The number of fused-ring (bicyclic) bond motifs is 1. The second-order valence-corrected chi connectivity index (χ2v) is 11.0. The van der Waals surface area contributed by atoms with Crippen molar-refractivity contribution in [1.29, 1.82) is 0 Å². The number of benzene rings is 2. The van der Waals surface area contributed by atoms with Gasteiger partial charge in [-0.25, -0.2) is 13.2 Å². The van der Waals surface area contributed by atoms with Crippen molar-refractivity contribution in [3.05, 3.63) is 58.7 Å². The number of ether oxygens (including phenoxy) is 2. The zero-order valence-electron chi connectivity index (χ0n) is 19.9. The highest BCUT2D eigenvalue weighted by Crippen LogP contribution is 2.47. The van der Waals surface area contributed by atoms with E-state index >= 15 is 0 Å². The van der Waals surface area contributed by atoms with Gasteiger partial charge in [-0.1, -0.05) is 42.0 Å². The van der Waals surface area contributed by atoms with Crippen molar-refractivity contribution >= 4 is 21.7 Å². The van der Waals surface area contributed by atoms with E-state index in [1.54, 1.807) is 33.8 Å². The summed E-state index contributed by atoms with van der Waals surface area (Å²) < 4.78 is 40.0. The van der Waals surface area contributed by atoms with Gasteiger partial charge in [0.2, 0.25) is 10.0 Å². The number of aryl methyl sites for hydroxylation is 1. The van der Waals surface area contributed by atoms with E-state index in [0.717, 1.165) is 11.1 Å². The molecule has 178 valence electrons. The molecule has 0 spiro atoms. The van der Waals surface area contributed by atoms with Gasteiger partial charge < -0.3 is 14.6 Å². The van der Waals surface area contributed by atoms with Gasteiger partial charge in [0.05, 0.1) is 17.0 Å². The number of carboxylic acids is 1. The van der Waals surface area contributed by atoms with Crippen molar-refractivity contribution in [3.8, 4) is 16.9 Å². The van der Waals surface area contributed by atoms with Crippen molar-refractivity contribution < 1.29 is 27.8 Å². The number of carbonyl (C=O) groups is 1. The fraction of sp³-hybridized carbons (Fsp3) is 0.400. The molecule has 33 heavy (non-hydrogen) atoms. The zero-order chi connectivity index (χ0) is 24.6. The van der Waals surface area contributed by atoms with Crippen molar-refractivity contribution in [3.63, 3.8) is 0 Å². The molecule has 2 aromatic carbocycles. The molecule has 0 bridgehead atoms. The van der Waals surface area contributed by atoms with Gasteiger partial charge in [-0.3, -0.25) is 4.72 Å². The summed E-state index contributed by atoms with van der Waals surface area (Å²) >= 11 is 0. The van der Waals surface area contributed by atoms with E-state index < -0.39 is 27.7 Å². The molecule has 0 saturated heterocycles. The Morgan fingerprint density at radius 3 is 2.30 bits per heavy atom. The Kier molecular flexibility index (Phi) is 6.91. The molecule has 1 atom stereocenters. The van der Waals surface area contributed by atoms with E-state index in [1.807, 2.05) is 38.1 Å². The maximum atomic E-state index is 12.7. The van der Waals surface area contributed by atoms with Crippen molar-refractivity contribution in [2.75, 3.05) is 17.1 Å². The van der Waals surface area contributed by atoms with Gasteiger partial charge in [-0.15, -0.1) is 0 Å². The van der Waals surface area contributed by atoms with Gasteiger partial charge in [0, 0.05) is 11.1 Å². The Morgan fingerprint density at radius 2 is 1.73 bits per heavy atom. The Hall–Kier alpha value is -2.84. The second-order valence-electron chi connectivity index (χ2n) is 9.22. The highest BCUT2D eigenvalue weighted by atomic mass is 32.2. The minimum Gasteiger partial charge on any atom is -0.487 e. The summed E-state index contributed by atoms with van der Waals surface area (Å²) in [4.78, 5) is 12.4. The standard InChI is InChI=1S/C25H31NO6S/c1-15-9-11-18(12-10-15)19-17(3)22-21(26-33(29,30)14-8-7-13-31-22)16(2)20(19)23(24(27)28)32-25(4,5)6/h7-12,23,26H,13-14H2,1-6H3,(H,27,28)/t23-/m0/s1. The molecular formula is C25H31NO6S. The van der Waals surface area contributed by atoms with Crippen LogP contribution in [-0.4, -0.2) is 37.5 Å². The molecule has 0 aliphatic carbocycles. The molecule has 0 saturated carbocycles. The van der Waals surface area contributed by atoms with Crippen LogP contribution in [0.2, 0.25) is 0 Å². The van der Waals surface area contributed by atoms with Crippen LogP contribution in [0.1, 0.15) is 49.1 Å². The largest absolute Gasteiger partial charge is 0.487 e. The van der Waals surface area contributed by atoms with Gasteiger partial charge in [0.25, 0.3) is 0 Å². The van der Waals surface area contributed by atoms with Crippen LogP contribution in [0.25, 0.3) is 11.1 Å². The minimum atomic E-state index is -3.70. The lowest BCUT2D eigenvalue weighted by molar-refractivity contribution is -0.160. The summed E-state index contributed by atoms with van der Waals surface area (Å²) in [6, 6.07) is 7.73. The number of aliphatic carboxylic acids is 1. The van der Waals surface area contributed by atoms with Gasteiger partial charge in [0.15, 0.2) is 6.10 Å². The van der Waals surface area contributed by atoms with Crippen LogP contribution >= 0.6 is 0 Å². The molecule has 0 amide bonds. The Bertz CT molecular complexity index is 1190. The van der Waals surface area contributed by atoms with Crippen LogP contribution < -0.4 is 9.46 Å². The number of anilines is 1. The first-order chi connectivity index (χ1) is 15.3. The van der Waals surface area contributed by atoms with Crippen LogP contribution in [0.3, 0.4) is 0 Å². The lowest BCUT2D eigenvalue weighted by Crippen LogP contribution is -2.29. The topological polar surface area (TPSA) is 102 Å². The van der Waals surface area contributed by atoms with Crippen molar-refractivity contribution in [1.82, 2.24) is 0 Å². The first-order valence-electron chi connectivity index (χ1n) is 10.7. The highest BCUT2D eigenvalue weighted by Gasteiger charge is 2.35. The quantitative estimate of drug-likeness (QED) is 0.612. The first-order valence-corrected chi connectivity index (χ1v) is 12.4. The normalized spacial score (nSPS) is 16.4.